The van der Waals surface area contributed by atoms with Crippen molar-refractivity contribution in [1.82, 2.24) is 4.98 Å². The summed E-state index contributed by atoms with van der Waals surface area (Å²) in [6.45, 7) is 0.642. The highest BCUT2D eigenvalue weighted by molar-refractivity contribution is 9.09. The molecule has 1 rings (SSSR count). The maximum atomic E-state index is 5.01. The molecular formula is C9H12BrNO. The zero-order valence-electron chi connectivity index (χ0n) is 7.09. The molecule has 1 heterocycles. The van der Waals surface area contributed by atoms with Crippen LogP contribution in [0.5, 0.6) is 0 Å². The predicted molar refractivity (Wildman–Crippen MR) is 52.4 cm³/mol. The first-order valence-corrected chi connectivity index (χ1v) is 4.96. The largest absolute Gasteiger partial charge is 0.380 e. The Kier molecular flexibility index (Phi) is 4.25. The Bertz CT molecular complexity index is 218. The summed E-state index contributed by atoms with van der Waals surface area (Å²) >= 11 is 3.39. The van der Waals surface area contributed by atoms with Crippen LogP contribution in [0.2, 0.25) is 0 Å². The van der Waals surface area contributed by atoms with Crippen LogP contribution in [-0.2, 0) is 17.8 Å². The maximum absolute atomic E-state index is 5.01. The topological polar surface area (TPSA) is 22.1 Å². The summed E-state index contributed by atoms with van der Waals surface area (Å²) in [5.74, 6) is 0. The zero-order valence-corrected chi connectivity index (χ0v) is 8.67. The van der Waals surface area contributed by atoms with Gasteiger partial charge in [0, 0.05) is 24.8 Å². The first-order valence-electron chi connectivity index (χ1n) is 3.84. The number of halogens is 1. The number of methoxy groups -OCH3 is 1. The fraction of sp³-hybridized carbons (Fsp3) is 0.444. The van der Waals surface area contributed by atoms with Gasteiger partial charge >= 0.3 is 0 Å². The molecule has 0 aromatic carbocycles. The Labute approximate surface area is 81.1 Å². The average molecular weight is 230 g/mol. The lowest BCUT2D eigenvalue weighted by Crippen LogP contribution is -1.93. The van der Waals surface area contributed by atoms with Crippen molar-refractivity contribution in [3.8, 4) is 0 Å². The molecule has 0 N–H and O–H groups in total. The zero-order chi connectivity index (χ0) is 8.81. The summed E-state index contributed by atoms with van der Waals surface area (Å²) in [6, 6.07) is 2.12. The number of rotatable bonds is 4. The fourth-order valence-corrected chi connectivity index (χ4v) is 1.49. The van der Waals surface area contributed by atoms with Gasteiger partial charge in [-0.1, -0.05) is 22.0 Å². The second-order valence-electron chi connectivity index (χ2n) is 2.57. The molecule has 0 radical (unpaired) electrons. The number of ether oxygens (including phenoxy) is 1. The summed E-state index contributed by atoms with van der Waals surface area (Å²) in [5, 5.41) is 0.977. The molecule has 66 valence electrons. The molecule has 12 heavy (non-hydrogen) atoms. The van der Waals surface area contributed by atoms with Crippen molar-refractivity contribution >= 4 is 15.9 Å². The van der Waals surface area contributed by atoms with Crippen molar-refractivity contribution in [3.05, 3.63) is 29.6 Å². The quantitative estimate of drug-likeness (QED) is 0.739. The Balaban J connectivity index is 2.67. The average Bonchev–Trinajstić information content (AvgIpc) is 2.06. The summed E-state index contributed by atoms with van der Waals surface area (Å²) in [5.41, 5.74) is 2.39. The first kappa shape index (κ1) is 9.68. The molecule has 0 atom stereocenters. The number of aryl methyl sites for hydroxylation is 1. The SMILES string of the molecule is COCc1cncc(CCBr)c1. The van der Waals surface area contributed by atoms with E-state index in [2.05, 4.69) is 27.0 Å². The van der Waals surface area contributed by atoms with E-state index in [0.29, 0.717) is 6.61 Å². The number of pyridine rings is 1. The third-order valence-corrected chi connectivity index (χ3v) is 1.94. The number of hydrogen-bond donors (Lipinski definition) is 0. The second-order valence-corrected chi connectivity index (χ2v) is 3.37. The highest BCUT2D eigenvalue weighted by Crippen LogP contribution is 2.05. The molecule has 2 nitrogen and oxygen atoms in total. The lowest BCUT2D eigenvalue weighted by Gasteiger charge is -2.01. The van der Waals surface area contributed by atoms with E-state index in [4.69, 9.17) is 4.74 Å². The Hall–Kier alpha value is -0.410. The molecule has 0 bridgehead atoms. The van der Waals surface area contributed by atoms with Crippen LogP contribution in [0.15, 0.2) is 18.5 Å². The van der Waals surface area contributed by atoms with Gasteiger partial charge < -0.3 is 4.74 Å². The van der Waals surface area contributed by atoms with Crippen molar-refractivity contribution in [1.29, 1.82) is 0 Å². The lowest BCUT2D eigenvalue weighted by atomic mass is 10.2. The molecule has 0 saturated carbocycles. The van der Waals surface area contributed by atoms with Crippen LogP contribution in [0.4, 0.5) is 0 Å². The summed E-state index contributed by atoms with van der Waals surface area (Å²) < 4.78 is 5.01. The van der Waals surface area contributed by atoms with Gasteiger partial charge in [0.2, 0.25) is 0 Å². The molecule has 0 aliphatic carbocycles. The van der Waals surface area contributed by atoms with E-state index in [0.717, 1.165) is 17.3 Å². The molecule has 1 aromatic rings. The maximum Gasteiger partial charge on any atom is 0.0728 e. The van der Waals surface area contributed by atoms with Gasteiger partial charge in [-0.3, -0.25) is 4.98 Å². The molecule has 0 unspecified atom stereocenters. The monoisotopic (exact) mass is 229 g/mol. The number of hydrogen-bond acceptors (Lipinski definition) is 2. The second kappa shape index (κ2) is 5.27. The van der Waals surface area contributed by atoms with Crippen LogP contribution in [0, 0.1) is 0 Å². The van der Waals surface area contributed by atoms with Gasteiger partial charge in [-0.15, -0.1) is 0 Å². The highest BCUT2D eigenvalue weighted by Gasteiger charge is 1.95. The molecular weight excluding hydrogens is 218 g/mol. The minimum Gasteiger partial charge on any atom is -0.380 e. The Morgan fingerprint density at radius 1 is 1.42 bits per heavy atom. The van der Waals surface area contributed by atoms with Crippen LogP contribution in [0.1, 0.15) is 11.1 Å². The van der Waals surface area contributed by atoms with Crippen LogP contribution in [0.3, 0.4) is 0 Å². The minimum atomic E-state index is 0.642. The lowest BCUT2D eigenvalue weighted by molar-refractivity contribution is 0.184. The third-order valence-electron chi connectivity index (χ3n) is 1.55. The van der Waals surface area contributed by atoms with Crippen molar-refractivity contribution in [3.63, 3.8) is 0 Å². The standard InChI is InChI=1S/C9H12BrNO/c1-12-7-9-4-8(2-3-10)5-11-6-9/h4-6H,2-3,7H2,1H3. The molecule has 0 aliphatic heterocycles. The molecule has 1 aromatic heterocycles. The minimum absolute atomic E-state index is 0.642. The van der Waals surface area contributed by atoms with E-state index in [1.807, 2.05) is 12.4 Å². The molecule has 0 saturated heterocycles. The van der Waals surface area contributed by atoms with Crippen molar-refractivity contribution in [2.24, 2.45) is 0 Å². The van der Waals surface area contributed by atoms with E-state index < -0.39 is 0 Å². The normalized spacial score (nSPS) is 10.2. The van der Waals surface area contributed by atoms with Crippen molar-refractivity contribution < 1.29 is 4.74 Å². The van der Waals surface area contributed by atoms with E-state index in [-0.39, 0.29) is 0 Å². The molecule has 0 fully saturated rings. The van der Waals surface area contributed by atoms with E-state index in [1.165, 1.54) is 5.56 Å². The van der Waals surface area contributed by atoms with E-state index in [9.17, 15) is 0 Å². The molecule has 0 spiro atoms. The summed E-state index contributed by atoms with van der Waals surface area (Å²) in [7, 11) is 1.69. The van der Waals surface area contributed by atoms with Crippen LogP contribution in [0.25, 0.3) is 0 Å². The van der Waals surface area contributed by atoms with Crippen LogP contribution in [-0.4, -0.2) is 17.4 Å². The van der Waals surface area contributed by atoms with Crippen LogP contribution < -0.4 is 0 Å². The third kappa shape index (κ3) is 2.91. The van der Waals surface area contributed by atoms with Gasteiger partial charge in [-0.2, -0.15) is 0 Å². The van der Waals surface area contributed by atoms with Gasteiger partial charge in [-0.05, 0) is 17.5 Å². The Morgan fingerprint density at radius 2 is 2.17 bits per heavy atom. The van der Waals surface area contributed by atoms with Gasteiger partial charge in [0.05, 0.1) is 6.61 Å². The van der Waals surface area contributed by atoms with Gasteiger partial charge in [0.1, 0.15) is 0 Å². The van der Waals surface area contributed by atoms with E-state index in [1.54, 1.807) is 7.11 Å². The summed E-state index contributed by atoms with van der Waals surface area (Å²) in [4.78, 5) is 4.12. The van der Waals surface area contributed by atoms with Crippen molar-refractivity contribution in [2.75, 3.05) is 12.4 Å². The van der Waals surface area contributed by atoms with Crippen molar-refractivity contribution in [2.45, 2.75) is 13.0 Å². The predicted octanol–water partition coefficient (Wildman–Crippen LogP) is 2.17. The smallest absolute Gasteiger partial charge is 0.0728 e. The number of aromatic nitrogens is 1. The van der Waals surface area contributed by atoms with Crippen LogP contribution >= 0.6 is 15.9 Å². The van der Waals surface area contributed by atoms with E-state index >= 15 is 0 Å². The number of alkyl halides is 1. The molecule has 0 amide bonds. The van der Waals surface area contributed by atoms with Gasteiger partial charge in [-0.25, -0.2) is 0 Å². The first-order chi connectivity index (χ1) is 5.86. The van der Waals surface area contributed by atoms with Gasteiger partial charge in [0.15, 0.2) is 0 Å². The molecule has 3 heteroatoms. The van der Waals surface area contributed by atoms with Gasteiger partial charge in [0.25, 0.3) is 0 Å². The summed E-state index contributed by atoms with van der Waals surface area (Å²) in [6.07, 6.45) is 4.74. The number of nitrogens with zero attached hydrogens (tertiary/aromatic N) is 1. The highest BCUT2D eigenvalue weighted by atomic mass is 79.9. The Morgan fingerprint density at radius 3 is 2.83 bits per heavy atom. The fourth-order valence-electron chi connectivity index (χ4n) is 1.03. The molecule has 0 aliphatic rings.